The topological polar surface area (TPSA) is 51.4 Å². The minimum atomic E-state index is 0.0426. The van der Waals surface area contributed by atoms with Gasteiger partial charge in [0.1, 0.15) is 0 Å². The number of rotatable bonds is 3. The lowest BCUT2D eigenvalue weighted by Gasteiger charge is -2.42. The first-order chi connectivity index (χ1) is 8.24. The number of hydrogen-bond acceptors (Lipinski definition) is 4. The third-order valence-corrected chi connectivity index (χ3v) is 3.28. The zero-order chi connectivity index (χ0) is 12.3. The Balaban J connectivity index is 2.28. The summed E-state index contributed by atoms with van der Waals surface area (Å²) in [5.74, 6) is 0. The Morgan fingerprint density at radius 3 is 2.94 bits per heavy atom. The van der Waals surface area contributed by atoms with Crippen molar-refractivity contribution >= 4 is 0 Å². The number of ether oxygens (including phenoxy) is 1. The highest BCUT2D eigenvalue weighted by atomic mass is 16.5. The standard InChI is InChI=1S/C13H21N3O/c1-10(2)16-7-8-17-12(9-14)13(16)11-5-3-4-6-15-11/h3-6,10,12-13H,7-9,14H2,1-2H3. The highest BCUT2D eigenvalue weighted by Crippen LogP contribution is 2.29. The molecule has 0 radical (unpaired) electrons. The summed E-state index contributed by atoms with van der Waals surface area (Å²) in [6.07, 6.45) is 1.87. The Kier molecular flexibility index (Phi) is 4.10. The van der Waals surface area contributed by atoms with Crippen molar-refractivity contribution in [3.05, 3.63) is 30.1 Å². The second-order valence-electron chi connectivity index (χ2n) is 4.68. The lowest BCUT2D eigenvalue weighted by atomic mass is 10.0. The number of nitrogens with two attached hydrogens (primary N) is 1. The van der Waals surface area contributed by atoms with Crippen LogP contribution < -0.4 is 5.73 Å². The van der Waals surface area contributed by atoms with Crippen LogP contribution in [0.3, 0.4) is 0 Å². The average Bonchev–Trinajstić information content (AvgIpc) is 2.38. The third-order valence-electron chi connectivity index (χ3n) is 3.28. The van der Waals surface area contributed by atoms with Gasteiger partial charge < -0.3 is 10.5 Å². The van der Waals surface area contributed by atoms with Crippen molar-refractivity contribution < 1.29 is 4.74 Å². The van der Waals surface area contributed by atoms with Gasteiger partial charge in [0.15, 0.2) is 0 Å². The molecular formula is C13H21N3O. The van der Waals surface area contributed by atoms with Crippen LogP contribution in [0.15, 0.2) is 24.4 Å². The highest BCUT2D eigenvalue weighted by molar-refractivity contribution is 5.12. The van der Waals surface area contributed by atoms with Gasteiger partial charge in [0, 0.05) is 25.3 Å². The second kappa shape index (κ2) is 5.58. The molecule has 2 heterocycles. The summed E-state index contributed by atoms with van der Waals surface area (Å²) < 4.78 is 5.77. The molecule has 0 aliphatic carbocycles. The SMILES string of the molecule is CC(C)N1CCOC(CN)C1c1ccccn1. The Hall–Kier alpha value is -0.970. The maximum atomic E-state index is 5.81. The van der Waals surface area contributed by atoms with Crippen LogP contribution in [0.5, 0.6) is 0 Å². The molecule has 2 rings (SSSR count). The first-order valence-electron chi connectivity index (χ1n) is 6.22. The molecule has 1 saturated heterocycles. The predicted octanol–water partition coefficient (Wildman–Crippen LogP) is 1.19. The fraction of sp³-hybridized carbons (Fsp3) is 0.615. The molecule has 94 valence electrons. The van der Waals surface area contributed by atoms with Gasteiger partial charge >= 0.3 is 0 Å². The molecule has 0 aromatic carbocycles. The van der Waals surface area contributed by atoms with Crippen LogP contribution in [-0.2, 0) is 4.74 Å². The maximum Gasteiger partial charge on any atom is 0.0909 e. The molecule has 2 N–H and O–H groups in total. The summed E-state index contributed by atoms with van der Waals surface area (Å²) in [7, 11) is 0. The maximum absolute atomic E-state index is 5.81. The second-order valence-corrected chi connectivity index (χ2v) is 4.68. The summed E-state index contributed by atoms with van der Waals surface area (Å²) in [6.45, 7) is 6.63. The lowest BCUT2D eigenvalue weighted by Crippen LogP contribution is -2.50. The molecule has 2 atom stereocenters. The average molecular weight is 235 g/mol. The molecule has 0 bridgehead atoms. The van der Waals surface area contributed by atoms with Gasteiger partial charge in [0.05, 0.1) is 24.4 Å². The molecule has 17 heavy (non-hydrogen) atoms. The largest absolute Gasteiger partial charge is 0.374 e. The van der Waals surface area contributed by atoms with Gasteiger partial charge in [-0.25, -0.2) is 0 Å². The smallest absolute Gasteiger partial charge is 0.0909 e. The molecular weight excluding hydrogens is 214 g/mol. The van der Waals surface area contributed by atoms with Gasteiger partial charge in [-0.3, -0.25) is 9.88 Å². The van der Waals surface area contributed by atoms with Crippen molar-refractivity contribution in [3.8, 4) is 0 Å². The number of aromatic nitrogens is 1. The molecule has 1 aliphatic heterocycles. The van der Waals surface area contributed by atoms with Gasteiger partial charge in [-0.15, -0.1) is 0 Å². The Morgan fingerprint density at radius 2 is 2.35 bits per heavy atom. The monoisotopic (exact) mass is 235 g/mol. The van der Waals surface area contributed by atoms with E-state index >= 15 is 0 Å². The molecule has 1 aliphatic rings. The van der Waals surface area contributed by atoms with Gasteiger partial charge in [0.2, 0.25) is 0 Å². The quantitative estimate of drug-likeness (QED) is 0.855. The number of morpholine rings is 1. The molecule has 1 aromatic heterocycles. The third kappa shape index (κ3) is 2.65. The molecule has 0 saturated carbocycles. The van der Waals surface area contributed by atoms with E-state index in [1.807, 2.05) is 18.3 Å². The first-order valence-corrected chi connectivity index (χ1v) is 6.22. The first kappa shape index (κ1) is 12.5. The molecule has 0 spiro atoms. The van der Waals surface area contributed by atoms with E-state index in [1.165, 1.54) is 0 Å². The molecule has 1 fully saturated rings. The zero-order valence-electron chi connectivity index (χ0n) is 10.5. The number of hydrogen-bond donors (Lipinski definition) is 1. The minimum absolute atomic E-state index is 0.0426. The Bertz CT molecular complexity index is 342. The fourth-order valence-electron chi connectivity index (χ4n) is 2.44. The van der Waals surface area contributed by atoms with Crippen molar-refractivity contribution in [1.29, 1.82) is 0 Å². The van der Waals surface area contributed by atoms with Crippen LogP contribution in [0.25, 0.3) is 0 Å². The van der Waals surface area contributed by atoms with E-state index in [4.69, 9.17) is 10.5 Å². The van der Waals surface area contributed by atoms with Crippen molar-refractivity contribution in [2.24, 2.45) is 5.73 Å². The number of nitrogens with zero attached hydrogens (tertiary/aromatic N) is 2. The summed E-state index contributed by atoms with van der Waals surface area (Å²) in [5, 5.41) is 0. The molecule has 4 heteroatoms. The molecule has 4 nitrogen and oxygen atoms in total. The zero-order valence-corrected chi connectivity index (χ0v) is 10.5. The van der Waals surface area contributed by atoms with E-state index in [0.717, 1.165) is 18.8 Å². The fourth-order valence-corrected chi connectivity index (χ4v) is 2.44. The lowest BCUT2D eigenvalue weighted by molar-refractivity contribution is -0.0802. The summed E-state index contributed by atoms with van der Waals surface area (Å²) >= 11 is 0. The summed E-state index contributed by atoms with van der Waals surface area (Å²) in [5.41, 5.74) is 6.87. The van der Waals surface area contributed by atoms with Crippen LogP contribution in [-0.4, -0.2) is 41.7 Å². The predicted molar refractivity (Wildman–Crippen MR) is 67.6 cm³/mol. The molecule has 2 unspecified atom stereocenters. The van der Waals surface area contributed by atoms with Crippen molar-refractivity contribution in [2.45, 2.75) is 32.0 Å². The summed E-state index contributed by atoms with van der Waals surface area (Å²) in [4.78, 5) is 6.88. The van der Waals surface area contributed by atoms with Crippen LogP contribution in [0, 0.1) is 0 Å². The highest BCUT2D eigenvalue weighted by Gasteiger charge is 2.34. The van der Waals surface area contributed by atoms with E-state index in [2.05, 4.69) is 29.8 Å². The van der Waals surface area contributed by atoms with Crippen LogP contribution in [0.1, 0.15) is 25.6 Å². The van der Waals surface area contributed by atoms with Crippen molar-refractivity contribution in [3.63, 3.8) is 0 Å². The van der Waals surface area contributed by atoms with Crippen LogP contribution >= 0.6 is 0 Å². The van der Waals surface area contributed by atoms with Crippen molar-refractivity contribution in [1.82, 2.24) is 9.88 Å². The number of pyridine rings is 1. The molecule has 0 amide bonds. The van der Waals surface area contributed by atoms with Crippen molar-refractivity contribution in [2.75, 3.05) is 19.7 Å². The normalized spacial score (nSPS) is 26.4. The van der Waals surface area contributed by atoms with Gasteiger partial charge in [0.25, 0.3) is 0 Å². The van der Waals surface area contributed by atoms with E-state index in [1.54, 1.807) is 0 Å². The van der Waals surface area contributed by atoms with Crippen LogP contribution in [0.2, 0.25) is 0 Å². The minimum Gasteiger partial charge on any atom is -0.374 e. The van der Waals surface area contributed by atoms with Gasteiger partial charge in [-0.2, -0.15) is 0 Å². The van der Waals surface area contributed by atoms with E-state index in [9.17, 15) is 0 Å². The van der Waals surface area contributed by atoms with Gasteiger partial charge in [-0.05, 0) is 26.0 Å². The van der Waals surface area contributed by atoms with Gasteiger partial charge in [-0.1, -0.05) is 6.07 Å². The molecule has 1 aromatic rings. The van der Waals surface area contributed by atoms with Crippen LogP contribution in [0.4, 0.5) is 0 Å². The van der Waals surface area contributed by atoms with E-state index < -0.39 is 0 Å². The van der Waals surface area contributed by atoms with E-state index in [-0.39, 0.29) is 12.1 Å². The Labute approximate surface area is 103 Å². The van der Waals surface area contributed by atoms with E-state index in [0.29, 0.717) is 12.6 Å². The summed E-state index contributed by atoms with van der Waals surface area (Å²) in [6, 6.07) is 6.65. The Morgan fingerprint density at radius 1 is 1.53 bits per heavy atom.